The van der Waals surface area contributed by atoms with E-state index in [1.165, 1.54) is 13.2 Å². The number of rotatable bonds is 5. The van der Waals surface area contributed by atoms with Crippen molar-refractivity contribution in [2.24, 2.45) is 11.1 Å². The molecule has 0 aliphatic rings. The fourth-order valence-corrected chi connectivity index (χ4v) is 1.43. The maximum Gasteiger partial charge on any atom is 0.255 e. The highest BCUT2D eigenvalue weighted by Crippen LogP contribution is 2.29. The van der Waals surface area contributed by atoms with E-state index in [0.717, 1.165) is 0 Å². The van der Waals surface area contributed by atoms with Crippen LogP contribution in [-0.4, -0.2) is 29.7 Å². The summed E-state index contributed by atoms with van der Waals surface area (Å²) in [5.41, 5.74) is 5.25. The van der Waals surface area contributed by atoms with Gasteiger partial charge in [0, 0.05) is 12.0 Å². The third-order valence-corrected chi connectivity index (χ3v) is 3.37. The highest BCUT2D eigenvalue weighted by Gasteiger charge is 2.23. The zero-order valence-corrected chi connectivity index (χ0v) is 12.0. The molecule has 1 aromatic carbocycles. The van der Waals surface area contributed by atoms with Crippen molar-refractivity contribution >= 4 is 23.1 Å². The van der Waals surface area contributed by atoms with Gasteiger partial charge in [0.1, 0.15) is 0 Å². The number of para-hydroxylation sites is 1. The number of hydrogen-bond acceptors (Lipinski definition) is 4. The zero-order valence-electron chi connectivity index (χ0n) is 11.2. The smallest absolute Gasteiger partial charge is 0.255 e. The summed E-state index contributed by atoms with van der Waals surface area (Å²) in [6.07, 6.45) is 0. The van der Waals surface area contributed by atoms with Gasteiger partial charge in [-0.25, -0.2) is 0 Å². The summed E-state index contributed by atoms with van der Waals surface area (Å²) in [7, 11) is 1.42. The molecule has 0 bridgehead atoms. The number of aromatic hydroxyl groups is 1. The number of nitrogens with two attached hydrogens (primary N) is 1. The van der Waals surface area contributed by atoms with Gasteiger partial charge in [-0.05, 0) is 12.1 Å². The lowest BCUT2D eigenvalue weighted by molar-refractivity contribution is 0.0941. The molecule has 0 aliphatic heterocycles. The Labute approximate surface area is 117 Å². The van der Waals surface area contributed by atoms with Crippen LogP contribution in [-0.2, 0) is 0 Å². The third-order valence-electron chi connectivity index (χ3n) is 2.82. The quantitative estimate of drug-likeness (QED) is 0.712. The minimum atomic E-state index is -0.487. The number of phenols is 1. The lowest BCUT2D eigenvalue weighted by Crippen LogP contribution is -2.41. The molecule has 19 heavy (non-hydrogen) atoms. The second-order valence-electron chi connectivity index (χ2n) is 4.79. The maximum absolute atomic E-state index is 12.0. The van der Waals surface area contributed by atoms with Crippen molar-refractivity contribution in [1.29, 1.82) is 0 Å². The van der Waals surface area contributed by atoms with Crippen LogP contribution < -0.4 is 15.8 Å². The second-order valence-corrected chi connectivity index (χ2v) is 5.23. The summed E-state index contributed by atoms with van der Waals surface area (Å²) in [6, 6.07) is 4.72. The molecule has 0 spiro atoms. The van der Waals surface area contributed by atoms with Crippen LogP contribution in [0.5, 0.6) is 11.5 Å². The van der Waals surface area contributed by atoms with E-state index in [-0.39, 0.29) is 23.6 Å². The van der Waals surface area contributed by atoms with Crippen LogP contribution in [0.2, 0.25) is 0 Å². The Morgan fingerprint density at radius 1 is 1.53 bits per heavy atom. The standard InChI is InChI=1S/C13H18N2O3S/c1-13(2,12(14)19)7-15-11(17)8-5-4-6-9(18-3)10(8)16/h4-6,16H,7H2,1-3H3,(H2,14,19)(H,15,17). The highest BCUT2D eigenvalue weighted by molar-refractivity contribution is 7.80. The molecule has 0 saturated heterocycles. The van der Waals surface area contributed by atoms with Crippen LogP contribution in [0.3, 0.4) is 0 Å². The largest absolute Gasteiger partial charge is 0.504 e. The van der Waals surface area contributed by atoms with Crippen LogP contribution in [0.15, 0.2) is 18.2 Å². The number of amides is 1. The van der Waals surface area contributed by atoms with Gasteiger partial charge in [0.2, 0.25) is 0 Å². The van der Waals surface area contributed by atoms with Gasteiger partial charge in [0.15, 0.2) is 11.5 Å². The molecule has 0 saturated carbocycles. The Bertz CT molecular complexity index is 501. The lowest BCUT2D eigenvalue weighted by atomic mass is 9.93. The van der Waals surface area contributed by atoms with E-state index in [1.54, 1.807) is 12.1 Å². The minimum Gasteiger partial charge on any atom is -0.504 e. The van der Waals surface area contributed by atoms with Gasteiger partial charge in [-0.1, -0.05) is 32.1 Å². The SMILES string of the molecule is COc1cccc(C(=O)NCC(C)(C)C(N)=S)c1O. The van der Waals surface area contributed by atoms with Crippen molar-refractivity contribution in [1.82, 2.24) is 5.32 Å². The molecule has 0 fully saturated rings. The van der Waals surface area contributed by atoms with E-state index in [4.69, 9.17) is 22.7 Å². The average molecular weight is 282 g/mol. The molecule has 4 N–H and O–H groups in total. The van der Waals surface area contributed by atoms with Crippen molar-refractivity contribution in [2.75, 3.05) is 13.7 Å². The molecule has 1 amide bonds. The topological polar surface area (TPSA) is 84.6 Å². The van der Waals surface area contributed by atoms with Gasteiger partial charge in [-0.3, -0.25) is 4.79 Å². The molecule has 0 radical (unpaired) electrons. The summed E-state index contributed by atoms with van der Waals surface area (Å²) >= 11 is 4.92. The number of benzene rings is 1. The predicted octanol–water partition coefficient (Wildman–Crippen LogP) is 1.44. The summed E-state index contributed by atoms with van der Waals surface area (Å²) < 4.78 is 4.95. The van der Waals surface area contributed by atoms with E-state index >= 15 is 0 Å². The molecule has 6 heteroatoms. The van der Waals surface area contributed by atoms with Crippen LogP contribution in [0.25, 0.3) is 0 Å². The van der Waals surface area contributed by atoms with Gasteiger partial charge in [0.05, 0.1) is 17.7 Å². The summed E-state index contributed by atoms with van der Waals surface area (Å²) in [6.45, 7) is 3.96. The normalized spacial score (nSPS) is 10.9. The minimum absolute atomic E-state index is 0.151. The van der Waals surface area contributed by atoms with Crippen molar-refractivity contribution in [3.63, 3.8) is 0 Å². The highest BCUT2D eigenvalue weighted by atomic mass is 32.1. The number of carbonyl (C=O) groups is 1. The van der Waals surface area contributed by atoms with Crippen molar-refractivity contribution in [2.45, 2.75) is 13.8 Å². The fourth-order valence-electron chi connectivity index (χ4n) is 1.35. The molecule has 0 unspecified atom stereocenters. The number of ether oxygens (including phenoxy) is 1. The molecule has 104 valence electrons. The lowest BCUT2D eigenvalue weighted by Gasteiger charge is -2.23. The Morgan fingerprint density at radius 3 is 2.68 bits per heavy atom. The molecule has 1 aromatic rings. The van der Waals surface area contributed by atoms with E-state index in [0.29, 0.717) is 4.99 Å². The van der Waals surface area contributed by atoms with Gasteiger partial charge < -0.3 is 20.9 Å². The number of hydrogen-bond donors (Lipinski definition) is 3. The van der Waals surface area contributed by atoms with Crippen molar-refractivity contribution in [3.05, 3.63) is 23.8 Å². The van der Waals surface area contributed by atoms with Crippen LogP contribution >= 0.6 is 12.2 Å². The molecular formula is C13H18N2O3S. The van der Waals surface area contributed by atoms with Crippen molar-refractivity contribution in [3.8, 4) is 11.5 Å². The first-order valence-electron chi connectivity index (χ1n) is 5.73. The first kappa shape index (κ1) is 15.2. The molecule has 1 rings (SSSR count). The molecule has 0 atom stereocenters. The number of thiocarbonyl (C=S) groups is 1. The van der Waals surface area contributed by atoms with Crippen molar-refractivity contribution < 1.29 is 14.6 Å². The Balaban J connectivity index is 2.83. The molecular weight excluding hydrogens is 264 g/mol. The van der Waals surface area contributed by atoms with Gasteiger partial charge in [-0.2, -0.15) is 0 Å². The molecule has 0 aliphatic carbocycles. The van der Waals surface area contributed by atoms with E-state index in [1.807, 2.05) is 13.8 Å². The number of nitrogens with one attached hydrogen (secondary N) is 1. The first-order chi connectivity index (χ1) is 8.79. The number of carbonyl (C=O) groups excluding carboxylic acids is 1. The van der Waals surface area contributed by atoms with Crippen LogP contribution in [0, 0.1) is 5.41 Å². The van der Waals surface area contributed by atoms with E-state index in [9.17, 15) is 9.90 Å². The van der Waals surface area contributed by atoms with E-state index in [2.05, 4.69) is 5.32 Å². The van der Waals surface area contributed by atoms with Gasteiger partial charge >= 0.3 is 0 Å². The third kappa shape index (κ3) is 3.57. The molecule has 5 nitrogen and oxygen atoms in total. The fraction of sp³-hybridized carbons (Fsp3) is 0.385. The van der Waals surface area contributed by atoms with Crippen LogP contribution in [0.4, 0.5) is 0 Å². The summed E-state index contributed by atoms with van der Waals surface area (Å²) in [4.78, 5) is 12.3. The predicted molar refractivity (Wildman–Crippen MR) is 77.6 cm³/mol. The molecule has 0 aromatic heterocycles. The average Bonchev–Trinajstić information content (AvgIpc) is 2.36. The number of methoxy groups -OCH3 is 1. The summed E-state index contributed by atoms with van der Waals surface area (Å²) in [5, 5.41) is 12.6. The second kappa shape index (κ2) is 5.88. The van der Waals surface area contributed by atoms with Crippen LogP contribution in [0.1, 0.15) is 24.2 Å². The van der Waals surface area contributed by atoms with E-state index < -0.39 is 11.3 Å². The maximum atomic E-state index is 12.0. The Kier molecular flexibility index (Phi) is 4.72. The van der Waals surface area contributed by atoms with Gasteiger partial charge in [0.25, 0.3) is 5.91 Å². The Morgan fingerprint density at radius 2 is 2.16 bits per heavy atom. The Hall–Kier alpha value is -1.82. The molecule has 0 heterocycles. The monoisotopic (exact) mass is 282 g/mol. The van der Waals surface area contributed by atoms with Gasteiger partial charge in [-0.15, -0.1) is 0 Å². The zero-order chi connectivity index (χ0) is 14.6. The summed E-state index contributed by atoms with van der Waals surface area (Å²) in [5.74, 6) is -0.336. The first-order valence-corrected chi connectivity index (χ1v) is 6.14. The number of phenolic OH excluding ortho intramolecular Hbond substituents is 1.